The predicted octanol–water partition coefficient (Wildman–Crippen LogP) is 4.98. The lowest BCUT2D eigenvalue weighted by Gasteiger charge is -2.20. The van der Waals surface area contributed by atoms with Crippen LogP contribution < -0.4 is 4.72 Å². The van der Waals surface area contributed by atoms with Gasteiger partial charge in [0.25, 0.3) is 0 Å². The highest BCUT2D eigenvalue weighted by Crippen LogP contribution is 2.30. The first-order valence-corrected chi connectivity index (χ1v) is 13.0. The maximum Gasteiger partial charge on any atom is 0.242 e. The normalized spacial score (nSPS) is 19.3. The van der Waals surface area contributed by atoms with Crippen LogP contribution in [0.5, 0.6) is 0 Å². The topological polar surface area (TPSA) is 75.4 Å². The molecule has 6 nitrogen and oxygen atoms in total. The van der Waals surface area contributed by atoms with Gasteiger partial charge < -0.3 is 4.52 Å². The lowest BCUT2D eigenvalue weighted by Crippen LogP contribution is -2.37. The average molecular weight is 510 g/mol. The molecule has 0 spiro atoms. The lowest BCUT2D eigenvalue weighted by atomic mass is 10.1. The van der Waals surface area contributed by atoms with Crippen molar-refractivity contribution in [2.45, 2.75) is 43.2 Å². The minimum atomic E-state index is -3.58. The molecule has 4 aromatic rings. The third-order valence-corrected chi connectivity index (χ3v) is 8.80. The molecule has 0 amide bonds. The quantitative estimate of drug-likeness (QED) is 0.380. The Bertz CT molecular complexity index is 1370. The van der Waals surface area contributed by atoms with Crippen molar-refractivity contribution >= 4 is 54.8 Å². The molecular weight excluding hydrogens is 485 g/mol. The van der Waals surface area contributed by atoms with E-state index in [-0.39, 0.29) is 30.3 Å². The molecule has 2 aromatic carbocycles. The highest BCUT2D eigenvalue weighted by molar-refractivity contribution is 7.90. The summed E-state index contributed by atoms with van der Waals surface area (Å²) >= 11 is 1.45. The molecule has 176 valence electrons. The number of nitrogens with one attached hydrogen (secondary N) is 1. The van der Waals surface area contributed by atoms with Crippen LogP contribution in [0.4, 0.5) is 4.39 Å². The summed E-state index contributed by atoms with van der Waals surface area (Å²) in [7, 11) is -3.58. The summed E-state index contributed by atoms with van der Waals surface area (Å²) in [6.45, 7) is 3.63. The Labute approximate surface area is 202 Å². The summed E-state index contributed by atoms with van der Waals surface area (Å²) in [5.41, 5.74) is 1.29. The molecule has 0 aliphatic carbocycles. The van der Waals surface area contributed by atoms with Crippen LogP contribution in [0.2, 0.25) is 0 Å². The van der Waals surface area contributed by atoms with Gasteiger partial charge in [0, 0.05) is 45.5 Å². The number of rotatable bonds is 7. The number of hydrogen-bond donors (Lipinski definition) is 1. The summed E-state index contributed by atoms with van der Waals surface area (Å²) in [4.78, 5) is 2.67. The molecule has 2 atom stereocenters. The molecule has 1 aliphatic rings. The minimum absolute atomic E-state index is 0. The molecule has 0 radical (unpaired) electrons. The molecule has 1 aliphatic heterocycles. The number of halogens is 2. The van der Waals surface area contributed by atoms with Gasteiger partial charge in [0.1, 0.15) is 10.7 Å². The van der Waals surface area contributed by atoms with Crippen molar-refractivity contribution < 1.29 is 17.3 Å². The van der Waals surface area contributed by atoms with Gasteiger partial charge in [0.15, 0.2) is 5.58 Å². The van der Waals surface area contributed by atoms with E-state index in [9.17, 15) is 12.8 Å². The summed E-state index contributed by atoms with van der Waals surface area (Å²) < 4.78 is 48.5. The second-order valence-electron chi connectivity index (χ2n) is 8.37. The van der Waals surface area contributed by atoms with Crippen LogP contribution in [0, 0.1) is 5.82 Å². The smallest absolute Gasteiger partial charge is 0.242 e. The molecule has 0 unspecified atom stereocenters. The first-order valence-electron chi connectivity index (χ1n) is 10.7. The third kappa shape index (κ3) is 4.93. The highest BCUT2D eigenvalue weighted by atomic mass is 35.5. The molecule has 33 heavy (non-hydrogen) atoms. The van der Waals surface area contributed by atoms with Crippen LogP contribution in [-0.4, -0.2) is 43.6 Å². The molecule has 10 heteroatoms. The van der Waals surface area contributed by atoms with Gasteiger partial charge >= 0.3 is 0 Å². The number of fused-ring (bicyclic) bond motifs is 2. The Morgan fingerprint density at radius 1 is 1.24 bits per heavy atom. The Balaban J connectivity index is 0.00000259. The number of likely N-dealkylation sites (tertiary alicyclic amines) is 1. The van der Waals surface area contributed by atoms with E-state index in [1.165, 1.54) is 23.5 Å². The summed E-state index contributed by atoms with van der Waals surface area (Å²) in [6.07, 6.45) is 2.35. The molecular formula is C23H25ClFN3O3S2. The van der Waals surface area contributed by atoms with E-state index < -0.39 is 10.0 Å². The fourth-order valence-electron chi connectivity index (χ4n) is 4.53. The van der Waals surface area contributed by atoms with Gasteiger partial charge in [-0.2, -0.15) is 0 Å². The molecule has 0 bridgehead atoms. The number of benzene rings is 2. The third-order valence-electron chi connectivity index (χ3n) is 6.13. The Hall–Kier alpha value is -2.04. The van der Waals surface area contributed by atoms with Crippen molar-refractivity contribution in [3.8, 4) is 0 Å². The second-order valence-corrected chi connectivity index (χ2v) is 11.0. The van der Waals surface area contributed by atoms with Crippen molar-refractivity contribution in [3.05, 3.63) is 59.4 Å². The first-order chi connectivity index (χ1) is 15.4. The number of sulfonamides is 1. The van der Waals surface area contributed by atoms with Crippen LogP contribution in [0.25, 0.3) is 21.1 Å². The Morgan fingerprint density at radius 3 is 2.91 bits per heavy atom. The number of aromatic nitrogens is 1. The number of aryl methyl sites for hydroxylation is 1. The Kier molecular flexibility index (Phi) is 7.07. The predicted molar refractivity (Wildman–Crippen MR) is 131 cm³/mol. The average Bonchev–Trinajstić information content (AvgIpc) is 3.45. The van der Waals surface area contributed by atoms with E-state index in [2.05, 4.69) is 21.7 Å². The van der Waals surface area contributed by atoms with Crippen molar-refractivity contribution in [1.29, 1.82) is 0 Å². The van der Waals surface area contributed by atoms with Crippen molar-refractivity contribution in [1.82, 2.24) is 14.8 Å². The molecule has 3 heterocycles. The fraction of sp³-hybridized carbons (Fsp3) is 0.348. The largest absolute Gasteiger partial charge is 0.356 e. The zero-order valence-electron chi connectivity index (χ0n) is 18.0. The zero-order chi connectivity index (χ0) is 22.3. The standard InChI is InChI=1S/C23H24FN3O3S2.ClH/c1-15-11-17(26-32(28,29)23-14-31-22-7-3-2-5-19(22)23)13-27(15)10-4-6-20-18-9-8-16(24)12-21(18)30-25-20;/h2-3,5,7-9,12,14-15,17,26H,4,6,10-11,13H2,1H3;1H/t15-,17-;/m0./s1. The molecule has 0 saturated carbocycles. The number of nitrogens with zero attached hydrogens (tertiary/aromatic N) is 2. The van der Waals surface area contributed by atoms with Gasteiger partial charge in [0.2, 0.25) is 10.0 Å². The number of hydrogen-bond acceptors (Lipinski definition) is 6. The van der Waals surface area contributed by atoms with Gasteiger partial charge in [-0.25, -0.2) is 17.5 Å². The van der Waals surface area contributed by atoms with Crippen molar-refractivity contribution in [3.63, 3.8) is 0 Å². The highest BCUT2D eigenvalue weighted by Gasteiger charge is 2.32. The summed E-state index contributed by atoms with van der Waals surface area (Å²) in [5.74, 6) is -0.338. The van der Waals surface area contributed by atoms with E-state index in [0.29, 0.717) is 17.0 Å². The Morgan fingerprint density at radius 2 is 2.06 bits per heavy atom. The molecule has 2 aromatic heterocycles. The van der Waals surface area contributed by atoms with Gasteiger partial charge in [-0.3, -0.25) is 4.90 Å². The van der Waals surface area contributed by atoms with E-state index in [0.717, 1.165) is 47.0 Å². The van der Waals surface area contributed by atoms with Crippen molar-refractivity contribution in [2.75, 3.05) is 13.1 Å². The van der Waals surface area contributed by atoms with Crippen LogP contribution in [-0.2, 0) is 16.4 Å². The molecule has 1 saturated heterocycles. The van der Waals surface area contributed by atoms with E-state index in [1.54, 1.807) is 11.4 Å². The summed E-state index contributed by atoms with van der Waals surface area (Å²) in [6, 6.07) is 12.2. The van der Waals surface area contributed by atoms with Crippen LogP contribution >= 0.6 is 23.7 Å². The van der Waals surface area contributed by atoms with Gasteiger partial charge in [0.05, 0.1) is 5.69 Å². The maximum absolute atomic E-state index is 13.3. The first kappa shape index (κ1) is 24.1. The van der Waals surface area contributed by atoms with Gasteiger partial charge in [-0.1, -0.05) is 23.4 Å². The van der Waals surface area contributed by atoms with E-state index in [1.807, 2.05) is 24.3 Å². The van der Waals surface area contributed by atoms with E-state index in [4.69, 9.17) is 4.52 Å². The van der Waals surface area contributed by atoms with Gasteiger partial charge in [-0.05, 0) is 50.9 Å². The van der Waals surface area contributed by atoms with Crippen LogP contribution in [0.15, 0.2) is 57.3 Å². The zero-order valence-corrected chi connectivity index (χ0v) is 20.5. The molecule has 5 rings (SSSR count). The molecule has 1 N–H and O–H groups in total. The fourth-order valence-corrected chi connectivity index (χ4v) is 7.28. The second kappa shape index (κ2) is 9.68. The monoisotopic (exact) mass is 509 g/mol. The van der Waals surface area contributed by atoms with Gasteiger partial charge in [-0.15, -0.1) is 23.7 Å². The lowest BCUT2D eigenvalue weighted by molar-refractivity contribution is 0.263. The maximum atomic E-state index is 13.3. The number of thiophene rings is 1. The SMILES string of the molecule is C[C@H]1C[C@H](NS(=O)(=O)c2csc3ccccc23)CN1CCCc1noc2cc(F)ccc12.Cl. The molecule has 1 fully saturated rings. The van der Waals surface area contributed by atoms with Crippen LogP contribution in [0.3, 0.4) is 0 Å². The van der Waals surface area contributed by atoms with Crippen LogP contribution in [0.1, 0.15) is 25.5 Å². The van der Waals surface area contributed by atoms with E-state index >= 15 is 0 Å². The minimum Gasteiger partial charge on any atom is -0.356 e. The summed E-state index contributed by atoms with van der Waals surface area (Å²) in [5, 5.41) is 7.42. The van der Waals surface area contributed by atoms with Crippen molar-refractivity contribution in [2.24, 2.45) is 0 Å².